The van der Waals surface area contributed by atoms with Gasteiger partial charge in [-0.3, -0.25) is 9.69 Å². The van der Waals surface area contributed by atoms with Crippen LogP contribution in [0, 0.1) is 0 Å². The van der Waals surface area contributed by atoms with Crippen LogP contribution in [0.15, 0.2) is 119 Å². The maximum Gasteiger partial charge on any atom is 0.322 e. The van der Waals surface area contributed by atoms with Crippen molar-refractivity contribution in [2.45, 2.75) is 42.5 Å². The van der Waals surface area contributed by atoms with Crippen LogP contribution in [0.5, 0.6) is 5.75 Å². The summed E-state index contributed by atoms with van der Waals surface area (Å²) in [5.41, 5.74) is 3.08. The predicted octanol–water partition coefficient (Wildman–Crippen LogP) is 7.50. The molecule has 0 aliphatic rings. The Bertz CT molecular complexity index is 1290. The molecule has 0 heterocycles. The molecule has 5 nitrogen and oxygen atoms in total. The first-order chi connectivity index (χ1) is 18.6. The summed E-state index contributed by atoms with van der Waals surface area (Å²) in [5, 5.41) is 3.06. The molecule has 38 heavy (non-hydrogen) atoms. The second-order valence-corrected chi connectivity index (χ2v) is 9.97. The second-order valence-electron chi connectivity index (χ2n) is 8.82. The largest absolute Gasteiger partial charge is 0.427 e. The fourth-order valence-corrected chi connectivity index (χ4v) is 4.71. The molecule has 0 atom stereocenters. The summed E-state index contributed by atoms with van der Waals surface area (Å²) in [6, 6.07) is 35.5. The third kappa shape index (κ3) is 8.25. The van der Waals surface area contributed by atoms with Crippen LogP contribution in [0.25, 0.3) is 0 Å². The molecular weight excluding hydrogens is 492 g/mol. The Morgan fingerprint density at radius 1 is 0.763 bits per heavy atom. The highest BCUT2D eigenvalue weighted by molar-refractivity contribution is 7.99. The van der Waals surface area contributed by atoms with Gasteiger partial charge >= 0.3 is 12.0 Å². The summed E-state index contributed by atoms with van der Waals surface area (Å²) in [4.78, 5) is 28.8. The minimum Gasteiger partial charge on any atom is -0.427 e. The topological polar surface area (TPSA) is 58.6 Å². The van der Waals surface area contributed by atoms with E-state index in [0.717, 1.165) is 33.9 Å². The maximum absolute atomic E-state index is 13.2. The molecule has 0 radical (unpaired) electrons. The summed E-state index contributed by atoms with van der Waals surface area (Å²) in [6.45, 7) is 2.99. The van der Waals surface area contributed by atoms with Gasteiger partial charge in [0.25, 0.3) is 0 Å². The summed E-state index contributed by atoms with van der Waals surface area (Å²) in [6.07, 6.45) is 1.93. The molecule has 1 N–H and O–H groups in total. The van der Waals surface area contributed by atoms with E-state index >= 15 is 0 Å². The normalized spacial score (nSPS) is 10.6. The third-order valence-corrected chi connectivity index (χ3v) is 6.91. The smallest absolute Gasteiger partial charge is 0.322 e. The number of anilines is 1. The van der Waals surface area contributed by atoms with Crippen LogP contribution in [0.2, 0.25) is 0 Å². The third-order valence-electron chi connectivity index (χ3n) is 5.89. The number of hydrogen-bond donors (Lipinski definition) is 1. The zero-order chi connectivity index (χ0) is 26.6. The van der Waals surface area contributed by atoms with Gasteiger partial charge in [0, 0.05) is 35.0 Å². The van der Waals surface area contributed by atoms with Crippen molar-refractivity contribution in [3.63, 3.8) is 0 Å². The molecule has 0 saturated carbocycles. The summed E-state index contributed by atoms with van der Waals surface area (Å²) in [5.74, 6) is 0.340. The van der Waals surface area contributed by atoms with Gasteiger partial charge in [-0.05, 0) is 72.5 Å². The Morgan fingerprint density at radius 2 is 1.34 bits per heavy atom. The fourth-order valence-electron chi connectivity index (χ4n) is 3.89. The van der Waals surface area contributed by atoms with E-state index < -0.39 is 0 Å². The van der Waals surface area contributed by atoms with Gasteiger partial charge in [-0.2, -0.15) is 0 Å². The molecule has 0 unspecified atom stereocenters. The molecule has 0 aromatic heterocycles. The first kappa shape index (κ1) is 27.0. The van der Waals surface area contributed by atoms with Crippen LogP contribution in [-0.2, 0) is 17.8 Å². The lowest BCUT2D eigenvalue weighted by atomic mass is 10.1. The van der Waals surface area contributed by atoms with Crippen molar-refractivity contribution in [2.75, 3.05) is 11.4 Å². The van der Waals surface area contributed by atoms with Gasteiger partial charge in [-0.1, -0.05) is 79.3 Å². The predicted molar refractivity (Wildman–Crippen MR) is 154 cm³/mol. The van der Waals surface area contributed by atoms with Crippen molar-refractivity contribution >= 4 is 29.4 Å². The average molecular weight is 525 g/mol. The fraction of sp³-hybridized carbons (Fsp3) is 0.188. The molecule has 2 amide bonds. The molecule has 0 aliphatic carbocycles. The first-order valence-corrected chi connectivity index (χ1v) is 13.6. The van der Waals surface area contributed by atoms with Crippen molar-refractivity contribution in [3.05, 3.63) is 120 Å². The van der Waals surface area contributed by atoms with E-state index in [1.807, 2.05) is 104 Å². The van der Waals surface area contributed by atoms with Gasteiger partial charge in [-0.15, -0.1) is 0 Å². The summed E-state index contributed by atoms with van der Waals surface area (Å²) in [7, 11) is 0. The Balaban J connectivity index is 1.42. The SMILES string of the molecule is CCCC(=O)Oc1ccc(Sc2ccc(N(CCc3ccccc3)C(=O)NCc3ccccc3)cc2)cc1. The molecule has 4 rings (SSSR count). The first-order valence-electron chi connectivity index (χ1n) is 12.8. The number of rotatable bonds is 11. The van der Waals surface area contributed by atoms with Gasteiger partial charge < -0.3 is 10.1 Å². The van der Waals surface area contributed by atoms with Crippen LogP contribution in [0.1, 0.15) is 30.9 Å². The minimum atomic E-state index is -0.215. The molecule has 194 valence electrons. The number of benzene rings is 4. The zero-order valence-electron chi connectivity index (χ0n) is 21.5. The van der Waals surface area contributed by atoms with E-state index in [0.29, 0.717) is 25.3 Å². The average Bonchev–Trinajstić information content (AvgIpc) is 2.95. The number of ether oxygens (including phenoxy) is 1. The quantitative estimate of drug-likeness (QED) is 0.163. The van der Waals surface area contributed by atoms with E-state index in [-0.39, 0.29) is 12.0 Å². The number of nitrogens with one attached hydrogen (secondary N) is 1. The Morgan fingerprint density at radius 3 is 1.95 bits per heavy atom. The Labute approximate surface area is 228 Å². The summed E-state index contributed by atoms with van der Waals surface area (Å²) < 4.78 is 5.34. The lowest BCUT2D eigenvalue weighted by Gasteiger charge is -2.24. The van der Waals surface area contributed by atoms with E-state index in [4.69, 9.17) is 4.74 Å². The van der Waals surface area contributed by atoms with Crippen LogP contribution >= 0.6 is 11.8 Å². The van der Waals surface area contributed by atoms with E-state index in [1.54, 1.807) is 16.7 Å². The standard InChI is InChI=1S/C32H32N2O3S/c1-2-9-31(35)37-28-16-20-30(21-17-28)38-29-18-14-27(15-19-29)34(23-22-25-10-5-3-6-11-25)32(36)33-24-26-12-7-4-8-13-26/h3-8,10-21H,2,9,22-24H2,1H3,(H,33,36). The molecular formula is C32H32N2O3S. The monoisotopic (exact) mass is 524 g/mol. The Kier molecular flexibility index (Phi) is 9.99. The highest BCUT2D eigenvalue weighted by Gasteiger charge is 2.16. The highest BCUT2D eigenvalue weighted by atomic mass is 32.2. The minimum absolute atomic E-state index is 0.126. The lowest BCUT2D eigenvalue weighted by molar-refractivity contribution is -0.134. The van der Waals surface area contributed by atoms with Crippen molar-refractivity contribution in [1.82, 2.24) is 5.32 Å². The molecule has 0 spiro atoms. The number of carbonyl (C=O) groups excluding carboxylic acids is 2. The van der Waals surface area contributed by atoms with Gasteiger partial charge in [0.2, 0.25) is 0 Å². The number of amides is 2. The molecule has 0 aliphatic heterocycles. The van der Waals surface area contributed by atoms with E-state index in [2.05, 4.69) is 17.4 Å². The number of esters is 1. The highest BCUT2D eigenvalue weighted by Crippen LogP contribution is 2.30. The van der Waals surface area contributed by atoms with Crippen LogP contribution in [-0.4, -0.2) is 18.5 Å². The molecule has 0 bridgehead atoms. The molecule has 6 heteroatoms. The lowest BCUT2D eigenvalue weighted by Crippen LogP contribution is -2.41. The molecule has 4 aromatic carbocycles. The van der Waals surface area contributed by atoms with Gasteiger partial charge in [0.1, 0.15) is 5.75 Å². The number of carbonyl (C=O) groups is 2. The number of hydrogen-bond acceptors (Lipinski definition) is 4. The molecule has 0 saturated heterocycles. The maximum atomic E-state index is 13.2. The van der Waals surface area contributed by atoms with Crippen LogP contribution in [0.4, 0.5) is 10.5 Å². The van der Waals surface area contributed by atoms with Crippen LogP contribution in [0.3, 0.4) is 0 Å². The zero-order valence-corrected chi connectivity index (χ0v) is 22.3. The van der Waals surface area contributed by atoms with Gasteiger partial charge in [0.15, 0.2) is 0 Å². The van der Waals surface area contributed by atoms with Crippen molar-refractivity contribution in [3.8, 4) is 5.75 Å². The van der Waals surface area contributed by atoms with Crippen molar-refractivity contribution < 1.29 is 14.3 Å². The van der Waals surface area contributed by atoms with E-state index in [9.17, 15) is 9.59 Å². The van der Waals surface area contributed by atoms with Crippen LogP contribution < -0.4 is 15.0 Å². The number of urea groups is 1. The van der Waals surface area contributed by atoms with E-state index in [1.165, 1.54) is 5.56 Å². The van der Waals surface area contributed by atoms with Crippen molar-refractivity contribution in [1.29, 1.82) is 0 Å². The van der Waals surface area contributed by atoms with Gasteiger partial charge in [0.05, 0.1) is 0 Å². The Hall–Kier alpha value is -4.03. The van der Waals surface area contributed by atoms with Gasteiger partial charge in [-0.25, -0.2) is 4.79 Å². The molecule has 0 fully saturated rings. The molecule has 4 aromatic rings. The summed E-state index contributed by atoms with van der Waals surface area (Å²) >= 11 is 1.61. The second kappa shape index (κ2) is 14.1. The number of nitrogens with zero attached hydrogens (tertiary/aromatic N) is 1. The van der Waals surface area contributed by atoms with Crippen molar-refractivity contribution in [2.24, 2.45) is 0 Å².